The zero-order chi connectivity index (χ0) is 17.8. The summed E-state index contributed by atoms with van der Waals surface area (Å²) in [5, 5.41) is 4.45. The number of nitrogens with two attached hydrogens (primary N) is 1. The van der Waals surface area contributed by atoms with Crippen molar-refractivity contribution in [2.45, 2.75) is 37.8 Å². The van der Waals surface area contributed by atoms with Gasteiger partial charge in [-0.05, 0) is 58.0 Å². The monoisotopic (exact) mass is 343 g/mol. The lowest BCUT2D eigenvalue weighted by atomic mass is 9.90. The normalized spacial score (nSPS) is 20.6. The summed E-state index contributed by atoms with van der Waals surface area (Å²) in [6.45, 7) is -0.142. The maximum absolute atomic E-state index is 10.9. The fraction of sp³-hybridized carbons (Fsp3) is 0.500. The maximum atomic E-state index is 10.9. The van der Waals surface area contributed by atoms with E-state index in [1.807, 2.05) is 12.1 Å². The van der Waals surface area contributed by atoms with E-state index in [1.165, 1.54) is 12.8 Å². The van der Waals surface area contributed by atoms with Crippen LogP contribution in [-0.4, -0.2) is 53.6 Å². The topological polar surface area (TPSA) is 93.4 Å². The Morgan fingerprint density at radius 2 is 2.04 bits per heavy atom. The fourth-order valence-corrected chi connectivity index (χ4v) is 3.32. The largest absolute Gasteiger partial charge is 0.484 e. The molecule has 1 aromatic heterocycles. The van der Waals surface area contributed by atoms with Crippen LogP contribution in [0.25, 0.3) is 10.9 Å². The first-order valence-corrected chi connectivity index (χ1v) is 8.62. The molecule has 0 bridgehead atoms. The highest BCUT2D eigenvalue weighted by molar-refractivity contribution is 5.90. The Balaban J connectivity index is 1.74. The summed E-state index contributed by atoms with van der Waals surface area (Å²) in [6.07, 6.45) is 6.17. The Hall–Kier alpha value is -2.41. The molecule has 25 heavy (non-hydrogen) atoms. The van der Waals surface area contributed by atoms with Crippen molar-refractivity contribution >= 4 is 22.6 Å². The summed E-state index contributed by atoms with van der Waals surface area (Å²) in [5.41, 5.74) is 5.97. The van der Waals surface area contributed by atoms with Crippen LogP contribution < -0.4 is 15.8 Å². The summed E-state index contributed by atoms with van der Waals surface area (Å²) in [7, 11) is 4.29. The molecule has 0 radical (unpaired) electrons. The molecule has 0 saturated heterocycles. The highest BCUT2D eigenvalue weighted by Crippen LogP contribution is 2.28. The number of hydrogen-bond acceptors (Lipinski definition) is 6. The van der Waals surface area contributed by atoms with Crippen LogP contribution in [0.15, 0.2) is 24.5 Å². The van der Waals surface area contributed by atoms with Gasteiger partial charge in [0.15, 0.2) is 6.61 Å². The zero-order valence-corrected chi connectivity index (χ0v) is 14.7. The third kappa shape index (κ3) is 4.36. The molecule has 0 atom stereocenters. The number of primary amides is 1. The van der Waals surface area contributed by atoms with Gasteiger partial charge in [-0.1, -0.05) is 0 Å². The van der Waals surface area contributed by atoms with Gasteiger partial charge in [-0.15, -0.1) is 0 Å². The standard InChI is InChI=1S/C18H25N5O2/c1-23(2)13-5-3-12(4-6-13)22-18-15-9-14(25-10-17(19)24)7-8-16(15)20-11-21-18/h7-9,11-13H,3-6,10H2,1-2H3,(H2,19,24)(H,20,21,22)/t12-,13-. The average molecular weight is 343 g/mol. The van der Waals surface area contributed by atoms with Crippen LogP contribution in [0.2, 0.25) is 0 Å². The summed E-state index contributed by atoms with van der Waals surface area (Å²) in [6, 6.07) is 6.57. The summed E-state index contributed by atoms with van der Waals surface area (Å²) >= 11 is 0. The van der Waals surface area contributed by atoms with Crippen LogP contribution >= 0.6 is 0 Å². The second kappa shape index (κ2) is 7.65. The minimum absolute atomic E-state index is 0.142. The van der Waals surface area contributed by atoms with E-state index in [0.29, 0.717) is 17.8 Å². The SMILES string of the molecule is CN(C)[C@H]1CC[C@H](Nc2ncnc3ccc(OCC(N)=O)cc23)CC1. The van der Waals surface area contributed by atoms with Gasteiger partial charge in [0.2, 0.25) is 0 Å². The van der Waals surface area contributed by atoms with Gasteiger partial charge in [-0.25, -0.2) is 9.97 Å². The van der Waals surface area contributed by atoms with Gasteiger partial charge in [0.05, 0.1) is 5.52 Å². The van der Waals surface area contributed by atoms with Gasteiger partial charge in [0.25, 0.3) is 5.91 Å². The van der Waals surface area contributed by atoms with E-state index in [0.717, 1.165) is 29.6 Å². The van der Waals surface area contributed by atoms with Crippen molar-refractivity contribution < 1.29 is 9.53 Å². The minimum atomic E-state index is -0.500. The Bertz CT molecular complexity index is 741. The lowest BCUT2D eigenvalue weighted by Gasteiger charge is -2.33. The minimum Gasteiger partial charge on any atom is -0.484 e. The summed E-state index contributed by atoms with van der Waals surface area (Å²) < 4.78 is 5.40. The molecule has 2 aromatic rings. The molecule has 3 rings (SSSR count). The number of nitrogens with one attached hydrogen (secondary N) is 1. The molecular weight excluding hydrogens is 318 g/mol. The number of aromatic nitrogens is 2. The van der Waals surface area contributed by atoms with Crippen LogP contribution in [0.1, 0.15) is 25.7 Å². The number of nitrogens with zero attached hydrogens (tertiary/aromatic N) is 3. The second-order valence-electron chi connectivity index (χ2n) is 6.77. The Morgan fingerprint density at radius 3 is 2.72 bits per heavy atom. The zero-order valence-electron chi connectivity index (χ0n) is 14.7. The number of ether oxygens (including phenoxy) is 1. The van der Waals surface area contributed by atoms with E-state index >= 15 is 0 Å². The van der Waals surface area contributed by atoms with Crippen molar-refractivity contribution in [1.82, 2.24) is 14.9 Å². The fourth-order valence-electron chi connectivity index (χ4n) is 3.32. The molecule has 1 aliphatic rings. The summed E-state index contributed by atoms with van der Waals surface area (Å²) in [5.74, 6) is 0.892. The number of hydrogen-bond donors (Lipinski definition) is 2. The third-order valence-corrected chi connectivity index (χ3v) is 4.76. The molecule has 1 aromatic carbocycles. The van der Waals surface area contributed by atoms with Gasteiger partial charge < -0.3 is 20.7 Å². The van der Waals surface area contributed by atoms with Crippen molar-refractivity contribution in [3.8, 4) is 5.75 Å². The van der Waals surface area contributed by atoms with Crippen LogP contribution in [0.3, 0.4) is 0 Å². The number of carbonyl (C=O) groups excluding carboxylic acids is 1. The Kier molecular flexibility index (Phi) is 5.33. The molecule has 1 aliphatic carbocycles. The number of amides is 1. The van der Waals surface area contributed by atoms with E-state index in [9.17, 15) is 4.79 Å². The first kappa shape index (κ1) is 17.4. The van der Waals surface area contributed by atoms with Gasteiger partial charge in [0, 0.05) is 17.5 Å². The molecule has 1 fully saturated rings. The molecule has 1 heterocycles. The summed E-state index contributed by atoms with van der Waals surface area (Å²) in [4.78, 5) is 21.9. The van der Waals surface area contributed by atoms with Gasteiger partial charge >= 0.3 is 0 Å². The highest BCUT2D eigenvalue weighted by atomic mass is 16.5. The van der Waals surface area contributed by atoms with Crippen molar-refractivity contribution in [3.05, 3.63) is 24.5 Å². The van der Waals surface area contributed by atoms with Crippen molar-refractivity contribution in [2.24, 2.45) is 5.73 Å². The quantitative estimate of drug-likeness (QED) is 0.830. The van der Waals surface area contributed by atoms with Crippen molar-refractivity contribution in [3.63, 3.8) is 0 Å². The van der Waals surface area contributed by atoms with E-state index in [1.54, 1.807) is 12.4 Å². The van der Waals surface area contributed by atoms with Crippen LogP contribution in [0, 0.1) is 0 Å². The predicted octanol–water partition coefficient (Wildman–Crippen LogP) is 1.78. The number of fused-ring (bicyclic) bond motifs is 1. The number of benzene rings is 1. The van der Waals surface area contributed by atoms with Gasteiger partial charge in [-0.2, -0.15) is 0 Å². The van der Waals surface area contributed by atoms with E-state index in [-0.39, 0.29) is 6.61 Å². The molecule has 0 unspecified atom stereocenters. The van der Waals surface area contributed by atoms with E-state index in [2.05, 4.69) is 34.3 Å². The van der Waals surface area contributed by atoms with Crippen LogP contribution in [0.5, 0.6) is 5.75 Å². The second-order valence-corrected chi connectivity index (χ2v) is 6.77. The van der Waals surface area contributed by atoms with Crippen molar-refractivity contribution in [2.75, 3.05) is 26.0 Å². The Morgan fingerprint density at radius 1 is 1.28 bits per heavy atom. The number of anilines is 1. The van der Waals surface area contributed by atoms with E-state index in [4.69, 9.17) is 10.5 Å². The molecule has 1 saturated carbocycles. The molecule has 0 aliphatic heterocycles. The molecule has 134 valence electrons. The highest BCUT2D eigenvalue weighted by Gasteiger charge is 2.23. The predicted molar refractivity (Wildman–Crippen MR) is 97.6 cm³/mol. The van der Waals surface area contributed by atoms with Crippen LogP contribution in [-0.2, 0) is 4.79 Å². The molecule has 0 spiro atoms. The van der Waals surface area contributed by atoms with Crippen molar-refractivity contribution in [1.29, 1.82) is 0 Å². The molecule has 7 nitrogen and oxygen atoms in total. The van der Waals surface area contributed by atoms with Gasteiger partial charge in [-0.3, -0.25) is 4.79 Å². The maximum Gasteiger partial charge on any atom is 0.255 e. The number of rotatable bonds is 6. The number of carbonyl (C=O) groups is 1. The van der Waals surface area contributed by atoms with E-state index < -0.39 is 5.91 Å². The first-order chi connectivity index (χ1) is 12.0. The average Bonchev–Trinajstić information content (AvgIpc) is 2.60. The molecule has 1 amide bonds. The third-order valence-electron chi connectivity index (χ3n) is 4.76. The lowest BCUT2D eigenvalue weighted by Crippen LogP contribution is -2.36. The lowest BCUT2D eigenvalue weighted by molar-refractivity contribution is -0.119. The smallest absolute Gasteiger partial charge is 0.255 e. The molecular formula is C18H25N5O2. The first-order valence-electron chi connectivity index (χ1n) is 8.62. The molecule has 3 N–H and O–H groups in total. The molecule has 7 heteroatoms. The van der Waals surface area contributed by atoms with Gasteiger partial charge in [0.1, 0.15) is 17.9 Å². The Labute approximate surface area is 147 Å². The van der Waals surface area contributed by atoms with Crippen LogP contribution in [0.4, 0.5) is 5.82 Å².